The van der Waals surface area contributed by atoms with Gasteiger partial charge in [-0.3, -0.25) is 9.59 Å². The van der Waals surface area contributed by atoms with Crippen LogP contribution in [0.15, 0.2) is 34.4 Å². The van der Waals surface area contributed by atoms with Crippen LogP contribution in [0.1, 0.15) is 47.6 Å². The minimum atomic E-state index is -1.03. The molecule has 2 aromatic rings. The number of pyridine rings is 1. The van der Waals surface area contributed by atoms with Gasteiger partial charge in [0, 0.05) is 49.2 Å². The highest BCUT2D eigenvalue weighted by Gasteiger charge is 2.35. The molecule has 1 fully saturated rings. The number of amides is 1. The third kappa shape index (κ3) is 3.99. The van der Waals surface area contributed by atoms with Gasteiger partial charge in [0.05, 0.1) is 19.4 Å². The number of aromatic nitrogens is 1. The van der Waals surface area contributed by atoms with Crippen molar-refractivity contribution in [1.82, 2.24) is 4.57 Å². The van der Waals surface area contributed by atoms with Crippen LogP contribution in [0.3, 0.4) is 0 Å². The summed E-state index contributed by atoms with van der Waals surface area (Å²) in [5.74, 6) is 0.662. The van der Waals surface area contributed by atoms with E-state index in [4.69, 9.17) is 14.2 Å². The fourth-order valence-electron chi connectivity index (χ4n) is 4.46. The number of fused-ring (bicyclic) bond motifs is 3. The zero-order valence-corrected chi connectivity index (χ0v) is 17.8. The van der Waals surface area contributed by atoms with E-state index in [-0.39, 0.29) is 11.6 Å². The van der Waals surface area contributed by atoms with Crippen molar-refractivity contribution in [3.8, 4) is 22.8 Å². The molecule has 4 rings (SSSR count). The Balaban J connectivity index is 1.79. The highest BCUT2D eigenvalue weighted by Crippen LogP contribution is 2.46. The molecule has 31 heavy (non-hydrogen) atoms. The fraction of sp³-hybridized carbons (Fsp3) is 0.478. The molecule has 0 radical (unpaired) electrons. The van der Waals surface area contributed by atoms with Crippen molar-refractivity contribution >= 4 is 5.91 Å². The Hall–Kier alpha value is -3.00. The summed E-state index contributed by atoms with van der Waals surface area (Å²) in [4.78, 5) is 35.2. The lowest BCUT2D eigenvalue weighted by Crippen LogP contribution is -2.32. The van der Waals surface area contributed by atoms with Crippen LogP contribution in [-0.4, -0.2) is 37.9 Å². The topological polar surface area (TPSA) is 96.2 Å². The first kappa shape index (κ1) is 21.2. The summed E-state index contributed by atoms with van der Waals surface area (Å²) in [5, 5.41) is 2.45. The molecule has 1 aliphatic carbocycles. The SMILES string of the molecule is COCCCOc1cc2c(cc1OC)-c1cc(=O)c(C(=O)N=O)cn1C(C1CCC1)C2. The van der Waals surface area contributed by atoms with Crippen LogP contribution >= 0.6 is 0 Å². The Bertz CT molecular complexity index is 1060. The van der Waals surface area contributed by atoms with Crippen molar-refractivity contribution in [1.29, 1.82) is 0 Å². The first-order chi connectivity index (χ1) is 15.1. The van der Waals surface area contributed by atoms with Gasteiger partial charge in [-0.15, -0.1) is 4.91 Å². The monoisotopic (exact) mass is 426 g/mol. The Morgan fingerprint density at radius 1 is 1.16 bits per heavy atom. The van der Waals surface area contributed by atoms with Crippen LogP contribution in [0, 0.1) is 10.8 Å². The number of benzene rings is 1. The molecule has 2 aliphatic rings. The number of carbonyl (C=O) groups is 1. The van der Waals surface area contributed by atoms with Gasteiger partial charge >= 0.3 is 5.91 Å². The minimum Gasteiger partial charge on any atom is -0.493 e. The van der Waals surface area contributed by atoms with Crippen molar-refractivity contribution in [2.45, 2.75) is 38.1 Å². The molecule has 8 nitrogen and oxygen atoms in total. The molecular formula is C23H26N2O6. The number of rotatable bonds is 8. The van der Waals surface area contributed by atoms with E-state index in [1.165, 1.54) is 18.7 Å². The first-order valence-electron chi connectivity index (χ1n) is 10.5. The highest BCUT2D eigenvalue weighted by molar-refractivity contribution is 5.94. The summed E-state index contributed by atoms with van der Waals surface area (Å²) >= 11 is 0. The van der Waals surface area contributed by atoms with Crippen molar-refractivity contribution in [2.75, 3.05) is 27.4 Å². The zero-order valence-electron chi connectivity index (χ0n) is 17.8. The molecular weight excluding hydrogens is 400 g/mol. The number of carbonyl (C=O) groups excluding carboxylic acids is 1. The molecule has 0 bridgehead atoms. The summed E-state index contributed by atoms with van der Waals surface area (Å²) < 4.78 is 18.5. The summed E-state index contributed by atoms with van der Waals surface area (Å²) in [5.41, 5.74) is 1.97. The largest absolute Gasteiger partial charge is 0.493 e. The van der Waals surface area contributed by atoms with Crippen LogP contribution < -0.4 is 14.9 Å². The van der Waals surface area contributed by atoms with Gasteiger partial charge < -0.3 is 18.8 Å². The second-order valence-corrected chi connectivity index (χ2v) is 8.06. The second-order valence-electron chi connectivity index (χ2n) is 8.06. The molecule has 1 unspecified atom stereocenters. The van der Waals surface area contributed by atoms with Gasteiger partial charge in [-0.25, -0.2) is 0 Å². The Morgan fingerprint density at radius 2 is 1.97 bits per heavy atom. The summed E-state index contributed by atoms with van der Waals surface area (Å²) in [6, 6.07) is 5.40. The van der Waals surface area contributed by atoms with Crippen LogP contribution in [0.4, 0.5) is 0 Å². The van der Waals surface area contributed by atoms with Crippen LogP contribution in [-0.2, 0) is 11.2 Å². The Morgan fingerprint density at radius 3 is 2.61 bits per heavy atom. The number of hydrogen-bond donors (Lipinski definition) is 0. The summed E-state index contributed by atoms with van der Waals surface area (Å²) in [7, 11) is 3.23. The number of hydrogen-bond acceptors (Lipinski definition) is 6. The number of ether oxygens (including phenoxy) is 3. The first-order valence-corrected chi connectivity index (χ1v) is 10.5. The highest BCUT2D eigenvalue weighted by atomic mass is 16.5. The molecule has 2 heterocycles. The Kier molecular flexibility index (Phi) is 6.18. The van der Waals surface area contributed by atoms with Gasteiger partial charge in [0.2, 0.25) is 0 Å². The van der Waals surface area contributed by atoms with E-state index in [9.17, 15) is 14.5 Å². The second kappa shape index (κ2) is 9.01. The van der Waals surface area contributed by atoms with E-state index in [0.29, 0.717) is 30.6 Å². The van der Waals surface area contributed by atoms with E-state index >= 15 is 0 Å². The Labute approximate surface area is 180 Å². The molecule has 0 saturated heterocycles. The molecule has 1 aliphatic heterocycles. The quantitative estimate of drug-likeness (QED) is 0.471. The molecule has 0 spiro atoms. The van der Waals surface area contributed by atoms with E-state index in [1.807, 2.05) is 16.7 Å². The van der Waals surface area contributed by atoms with Gasteiger partial charge in [-0.1, -0.05) is 6.42 Å². The number of nitrogens with zero attached hydrogens (tertiary/aromatic N) is 2. The lowest BCUT2D eigenvalue weighted by molar-refractivity contribution is 0.0998. The molecule has 1 aromatic carbocycles. The minimum absolute atomic E-state index is 0.102. The molecule has 0 N–H and O–H groups in total. The van der Waals surface area contributed by atoms with Crippen LogP contribution in [0.25, 0.3) is 11.3 Å². The molecule has 164 valence electrons. The predicted octanol–water partition coefficient (Wildman–Crippen LogP) is 3.74. The maximum atomic E-state index is 12.6. The van der Waals surface area contributed by atoms with Crippen molar-refractivity contribution in [2.24, 2.45) is 11.1 Å². The normalized spacial score (nSPS) is 17.3. The maximum absolute atomic E-state index is 12.6. The molecule has 1 amide bonds. The van der Waals surface area contributed by atoms with E-state index in [1.54, 1.807) is 14.2 Å². The van der Waals surface area contributed by atoms with Gasteiger partial charge in [-0.2, -0.15) is 0 Å². The smallest absolute Gasteiger partial charge is 0.322 e. The summed E-state index contributed by atoms with van der Waals surface area (Å²) in [6.45, 7) is 1.12. The van der Waals surface area contributed by atoms with Crippen LogP contribution in [0.2, 0.25) is 0 Å². The van der Waals surface area contributed by atoms with Crippen LogP contribution in [0.5, 0.6) is 11.5 Å². The third-order valence-corrected chi connectivity index (χ3v) is 6.29. The van der Waals surface area contributed by atoms with Crippen molar-refractivity contribution in [3.63, 3.8) is 0 Å². The van der Waals surface area contributed by atoms with Crippen molar-refractivity contribution < 1.29 is 19.0 Å². The molecule has 1 saturated carbocycles. The maximum Gasteiger partial charge on any atom is 0.322 e. The van der Waals surface area contributed by atoms with Gasteiger partial charge in [0.1, 0.15) is 5.56 Å². The van der Waals surface area contributed by atoms with Gasteiger partial charge in [0.25, 0.3) is 0 Å². The molecule has 8 heteroatoms. The predicted molar refractivity (Wildman–Crippen MR) is 115 cm³/mol. The number of methoxy groups -OCH3 is 2. The molecule has 1 atom stereocenters. The lowest BCUT2D eigenvalue weighted by Gasteiger charge is -2.40. The van der Waals surface area contributed by atoms with Crippen molar-refractivity contribution in [3.05, 3.63) is 50.7 Å². The van der Waals surface area contributed by atoms with Gasteiger partial charge in [0.15, 0.2) is 16.9 Å². The third-order valence-electron chi connectivity index (χ3n) is 6.29. The van der Waals surface area contributed by atoms with E-state index < -0.39 is 11.3 Å². The zero-order chi connectivity index (χ0) is 22.0. The van der Waals surface area contributed by atoms with E-state index in [0.717, 1.165) is 42.5 Å². The average Bonchev–Trinajstić information content (AvgIpc) is 2.74. The van der Waals surface area contributed by atoms with Gasteiger partial charge in [-0.05, 0) is 42.9 Å². The molecule has 1 aromatic heterocycles. The average molecular weight is 426 g/mol. The fourth-order valence-corrected chi connectivity index (χ4v) is 4.46. The summed E-state index contributed by atoms with van der Waals surface area (Å²) in [6.07, 6.45) is 6.38. The van der Waals surface area contributed by atoms with E-state index in [2.05, 4.69) is 5.18 Å². The standard InChI is InChI=1S/C23H26N2O6/c1-29-7-4-8-31-22-10-15-9-18(14-5-3-6-14)25-13-17(23(27)24-28)20(26)12-19(25)16(15)11-21(22)30-2/h10-14,18H,3-9H2,1-2H3. The number of nitroso groups, excluding NO2 is 1. The lowest BCUT2D eigenvalue weighted by atomic mass is 9.75.